The van der Waals surface area contributed by atoms with E-state index in [9.17, 15) is 4.79 Å². The Morgan fingerprint density at radius 3 is 2.60 bits per heavy atom. The van der Waals surface area contributed by atoms with E-state index in [2.05, 4.69) is 5.32 Å². The number of hydrogen-bond donors (Lipinski definition) is 1. The summed E-state index contributed by atoms with van der Waals surface area (Å²) in [6.07, 6.45) is 1.68. The van der Waals surface area contributed by atoms with E-state index in [4.69, 9.17) is 16.3 Å². The molecule has 15 heavy (non-hydrogen) atoms. The molecule has 1 saturated heterocycles. The Bertz CT molecular complexity index is 205. The molecular weight excluding hydrogens is 214 g/mol. The minimum Gasteiger partial charge on any atom is -0.381 e. The minimum atomic E-state index is 0.128. The van der Waals surface area contributed by atoms with Crippen molar-refractivity contribution in [3.05, 3.63) is 0 Å². The van der Waals surface area contributed by atoms with Gasteiger partial charge < -0.3 is 10.1 Å². The highest BCUT2D eigenvalue weighted by Gasteiger charge is 2.23. The van der Waals surface area contributed by atoms with Gasteiger partial charge in [-0.1, -0.05) is 6.92 Å². The minimum absolute atomic E-state index is 0.128. The van der Waals surface area contributed by atoms with Crippen LogP contribution in [0.5, 0.6) is 0 Å². The van der Waals surface area contributed by atoms with Gasteiger partial charge in [0.2, 0.25) is 5.91 Å². The maximum atomic E-state index is 11.8. The van der Waals surface area contributed by atoms with Crippen molar-refractivity contribution in [1.82, 2.24) is 5.32 Å². The number of ether oxygens (including phenoxy) is 1. The predicted octanol–water partition coefficient (Wildman–Crippen LogP) is 1.79. The van der Waals surface area contributed by atoms with Gasteiger partial charge in [0.25, 0.3) is 0 Å². The summed E-state index contributed by atoms with van der Waals surface area (Å²) in [5.74, 6) is 1.18. The van der Waals surface area contributed by atoms with Gasteiger partial charge in [0.05, 0.1) is 0 Å². The van der Waals surface area contributed by atoms with E-state index in [1.165, 1.54) is 0 Å². The number of halogens is 1. The van der Waals surface area contributed by atoms with Crippen LogP contribution < -0.4 is 5.32 Å². The lowest BCUT2D eigenvalue weighted by atomic mass is 9.98. The highest BCUT2D eigenvalue weighted by Crippen LogP contribution is 2.15. The van der Waals surface area contributed by atoms with E-state index < -0.39 is 0 Å². The van der Waals surface area contributed by atoms with Crippen molar-refractivity contribution in [2.24, 2.45) is 11.8 Å². The largest absolute Gasteiger partial charge is 0.381 e. The number of amides is 1. The van der Waals surface area contributed by atoms with E-state index in [1.807, 2.05) is 13.8 Å². The maximum absolute atomic E-state index is 11.8. The quantitative estimate of drug-likeness (QED) is 0.752. The number of carbonyl (C=O) groups excluding carboxylic acids is 1. The molecule has 0 bridgehead atoms. The van der Waals surface area contributed by atoms with Crippen molar-refractivity contribution < 1.29 is 9.53 Å². The zero-order valence-corrected chi connectivity index (χ0v) is 10.2. The van der Waals surface area contributed by atoms with E-state index in [0.29, 0.717) is 25.0 Å². The van der Waals surface area contributed by atoms with Gasteiger partial charge in [0, 0.05) is 31.1 Å². The molecule has 0 aromatic rings. The van der Waals surface area contributed by atoms with Gasteiger partial charge in [-0.15, -0.1) is 11.6 Å². The van der Waals surface area contributed by atoms with Gasteiger partial charge in [0.15, 0.2) is 0 Å². The standard InChI is InChI=1S/C11H20ClNO2/c1-8(7-12)9(2)13-11(14)10-3-5-15-6-4-10/h8-10H,3-7H2,1-2H3,(H,13,14). The third-order valence-corrected chi connectivity index (χ3v) is 3.55. The lowest BCUT2D eigenvalue weighted by Gasteiger charge is -2.25. The van der Waals surface area contributed by atoms with E-state index >= 15 is 0 Å². The first-order valence-corrected chi connectivity index (χ1v) is 6.12. The number of carbonyl (C=O) groups is 1. The van der Waals surface area contributed by atoms with Crippen LogP contribution in [0.3, 0.4) is 0 Å². The van der Waals surface area contributed by atoms with Crippen molar-refractivity contribution in [3.63, 3.8) is 0 Å². The monoisotopic (exact) mass is 233 g/mol. The number of alkyl halides is 1. The second-order valence-electron chi connectivity index (χ2n) is 4.32. The van der Waals surface area contributed by atoms with Crippen LogP contribution in [-0.2, 0) is 9.53 Å². The van der Waals surface area contributed by atoms with Gasteiger partial charge in [0.1, 0.15) is 0 Å². The lowest BCUT2D eigenvalue weighted by molar-refractivity contribution is -0.128. The summed E-state index contributed by atoms with van der Waals surface area (Å²) in [4.78, 5) is 11.8. The molecule has 2 atom stereocenters. The summed E-state index contributed by atoms with van der Waals surface area (Å²) >= 11 is 5.74. The van der Waals surface area contributed by atoms with Gasteiger partial charge in [-0.25, -0.2) is 0 Å². The highest BCUT2D eigenvalue weighted by molar-refractivity contribution is 6.18. The highest BCUT2D eigenvalue weighted by atomic mass is 35.5. The normalized spacial score (nSPS) is 22.1. The van der Waals surface area contributed by atoms with Gasteiger partial charge in [-0.3, -0.25) is 4.79 Å². The van der Waals surface area contributed by atoms with Crippen molar-refractivity contribution in [1.29, 1.82) is 0 Å². The number of nitrogens with one attached hydrogen (secondary N) is 1. The van der Waals surface area contributed by atoms with Crippen LogP contribution in [0.15, 0.2) is 0 Å². The van der Waals surface area contributed by atoms with Crippen molar-refractivity contribution in [2.75, 3.05) is 19.1 Å². The second-order valence-corrected chi connectivity index (χ2v) is 4.62. The molecule has 1 rings (SSSR count). The van der Waals surface area contributed by atoms with Crippen LogP contribution in [0.25, 0.3) is 0 Å². The fourth-order valence-corrected chi connectivity index (χ4v) is 1.85. The molecule has 1 N–H and O–H groups in total. The number of hydrogen-bond acceptors (Lipinski definition) is 2. The summed E-state index contributed by atoms with van der Waals surface area (Å²) in [7, 11) is 0. The molecule has 0 saturated carbocycles. The zero-order valence-electron chi connectivity index (χ0n) is 9.46. The average Bonchev–Trinajstić information content (AvgIpc) is 2.29. The maximum Gasteiger partial charge on any atom is 0.223 e. The molecule has 4 heteroatoms. The zero-order chi connectivity index (χ0) is 11.3. The molecule has 1 fully saturated rings. The summed E-state index contributed by atoms with van der Waals surface area (Å²) < 4.78 is 5.22. The third-order valence-electron chi connectivity index (χ3n) is 3.06. The van der Waals surface area contributed by atoms with Crippen LogP contribution in [0.1, 0.15) is 26.7 Å². The fourth-order valence-electron chi connectivity index (χ4n) is 1.58. The fraction of sp³-hybridized carbons (Fsp3) is 0.909. The molecule has 0 radical (unpaired) electrons. The molecule has 2 unspecified atom stereocenters. The summed E-state index contributed by atoms with van der Waals surface area (Å²) in [6.45, 7) is 5.46. The van der Waals surface area contributed by atoms with Crippen LogP contribution >= 0.6 is 11.6 Å². The topological polar surface area (TPSA) is 38.3 Å². The van der Waals surface area contributed by atoms with Gasteiger partial charge in [-0.2, -0.15) is 0 Å². The first kappa shape index (κ1) is 12.8. The van der Waals surface area contributed by atoms with Gasteiger partial charge >= 0.3 is 0 Å². The second kappa shape index (κ2) is 6.33. The van der Waals surface area contributed by atoms with Crippen LogP contribution in [0.2, 0.25) is 0 Å². The third kappa shape index (κ3) is 3.99. The molecule has 1 heterocycles. The van der Waals surface area contributed by atoms with E-state index in [-0.39, 0.29) is 17.9 Å². The molecule has 0 aromatic carbocycles. The lowest BCUT2D eigenvalue weighted by Crippen LogP contribution is -2.42. The Labute approximate surface area is 96.5 Å². The Hall–Kier alpha value is -0.280. The first-order valence-electron chi connectivity index (χ1n) is 5.59. The van der Waals surface area contributed by atoms with Crippen molar-refractivity contribution in [3.8, 4) is 0 Å². The molecule has 1 amide bonds. The van der Waals surface area contributed by atoms with E-state index in [1.54, 1.807) is 0 Å². The van der Waals surface area contributed by atoms with Crippen molar-refractivity contribution >= 4 is 17.5 Å². The molecule has 1 aliphatic heterocycles. The van der Waals surface area contributed by atoms with Crippen LogP contribution in [-0.4, -0.2) is 31.0 Å². The SMILES string of the molecule is CC(CCl)C(C)NC(=O)C1CCOCC1. The number of rotatable bonds is 4. The average molecular weight is 234 g/mol. The molecule has 88 valence electrons. The summed E-state index contributed by atoms with van der Waals surface area (Å²) in [6, 6.07) is 0.151. The van der Waals surface area contributed by atoms with E-state index in [0.717, 1.165) is 12.8 Å². The van der Waals surface area contributed by atoms with Crippen molar-refractivity contribution in [2.45, 2.75) is 32.7 Å². The molecular formula is C11H20ClNO2. The van der Waals surface area contributed by atoms with Crippen LogP contribution in [0.4, 0.5) is 0 Å². The Balaban J connectivity index is 2.33. The predicted molar refractivity (Wildman–Crippen MR) is 61.0 cm³/mol. The Kier molecular flexibility index (Phi) is 5.40. The first-order chi connectivity index (χ1) is 7.15. The Morgan fingerprint density at radius 1 is 1.47 bits per heavy atom. The summed E-state index contributed by atoms with van der Waals surface area (Å²) in [5, 5.41) is 3.02. The summed E-state index contributed by atoms with van der Waals surface area (Å²) in [5.41, 5.74) is 0. The molecule has 3 nitrogen and oxygen atoms in total. The molecule has 0 spiro atoms. The Morgan fingerprint density at radius 2 is 2.07 bits per heavy atom. The molecule has 1 aliphatic rings. The molecule has 0 aromatic heterocycles. The van der Waals surface area contributed by atoms with Gasteiger partial charge in [-0.05, 0) is 25.7 Å². The smallest absolute Gasteiger partial charge is 0.223 e. The molecule has 0 aliphatic carbocycles. The van der Waals surface area contributed by atoms with Crippen LogP contribution in [0, 0.1) is 11.8 Å².